The van der Waals surface area contributed by atoms with E-state index >= 15 is 0 Å². The van der Waals surface area contributed by atoms with E-state index < -0.39 is 6.10 Å². The Balaban J connectivity index is 1.73. The first-order valence-corrected chi connectivity index (χ1v) is 8.05. The van der Waals surface area contributed by atoms with E-state index in [4.69, 9.17) is 9.15 Å². The number of ether oxygens (including phenoxy) is 1. The summed E-state index contributed by atoms with van der Waals surface area (Å²) in [5, 5.41) is 0. The molecule has 23 heavy (non-hydrogen) atoms. The van der Waals surface area contributed by atoms with Crippen LogP contribution in [-0.4, -0.2) is 28.4 Å². The predicted octanol–water partition coefficient (Wildman–Crippen LogP) is 3.44. The quantitative estimate of drug-likeness (QED) is 0.867. The molecule has 3 unspecified atom stereocenters. The summed E-state index contributed by atoms with van der Waals surface area (Å²) in [4.78, 5) is 18.8. The fraction of sp³-hybridized carbons (Fsp3) is 0.444. The first-order valence-electron chi connectivity index (χ1n) is 8.05. The average molecular weight is 314 g/mol. The predicted molar refractivity (Wildman–Crippen MR) is 85.9 cm³/mol. The molecule has 3 atom stereocenters. The third-order valence-corrected chi connectivity index (χ3v) is 4.31. The second-order valence-corrected chi connectivity index (χ2v) is 6.14. The average Bonchev–Trinajstić information content (AvgIpc) is 3.09. The van der Waals surface area contributed by atoms with Crippen LogP contribution in [0, 0.1) is 5.92 Å². The zero-order valence-electron chi connectivity index (χ0n) is 13.5. The minimum atomic E-state index is -0.551. The van der Waals surface area contributed by atoms with Crippen LogP contribution in [0.3, 0.4) is 0 Å². The van der Waals surface area contributed by atoms with Crippen LogP contribution in [0.1, 0.15) is 38.5 Å². The Morgan fingerprint density at radius 2 is 2.30 bits per heavy atom. The van der Waals surface area contributed by atoms with Crippen LogP contribution in [0.2, 0.25) is 0 Å². The summed E-state index contributed by atoms with van der Waals surface area (Å²) in [7, 11) is 0. The first-order chi connectivity index (χ1) is 11.1. The number of furan rings is 1. The number of carbonyl (C=O) groups excluding carboxylic acids is 1. The van der Waals surface area contributed by atoms with Crippen LogP contribution < -0.4 is 4.74 Å². The number of likely N-dealkylation sites (tertiary alicyclic amines) is 1. The van der Waals surface area contributed by atoms with E-state index in [9.17, 15) is 4.79 Å². The number of carbonyl (C=O) groups is 1. The van der Waals surface area contributed by atoms with Crippen LogP contribution in [-0.2, 0) is 4.79 Å². The molecule has 122 valence electrons. The highest BCUT2D eigenvalue weighted by molar-refractivity contribution is 5.81. The standard InChI is InChI=1S/C18H22N2O3/c1-13-7-9-20(16(11-13)17-6-4-10-22-17)18(21)14(2)23-15-5-3-8-19-12-15/h3-6,8,10,12-14,16H,7,9,11H2,1-2H3. The lowest BCUT2D eigenvalue weighted by molar-refractivity contribution is -0.143. The summed E-state index contributed by atoms with van der Waals surface area (Å²) in [6.45, 7) is 4.73. The highest BCUT2D eigenvalue weighted by Gasteiger charge is 2.35. The lowest BCUT2D eigenvalue weighted by atomic mass is 9.90. The molecule has 0 aromatic carbocycles. The monoisotopic (exact) mass is 314 g/mol. The second-order valence-electron chi connectivity index (χ2n) is 6.14. The van der Waals surface area contributed by atoms with Gasteiger partial charge in [0.1, 0.15) is 11.5 Å². The Morgan fingerprint density at radius 3 is 3.00 bits per heavy atom. The Kier molecular flexibility index (Phi) is 4.65. The van der Waals surface area contributed by atoms with Crippen LogP contribution in [0.25, 0.3) is 0 Å². The number of rotatable bonds is 4. The minimum Gasteiger partial charge on any atom is -0.479 e. The van der Waals surface area contributed by atoms with Gasteiger partial charge in [0.2, 0.25) is 0 Å². The molecule has 0 bridgehead atoms. The van der Waals surface area contributed by atoms with E-state index in [0.29, 0.717) is 11.7 Å². The molecule has 0 radical (unpaired) electrons. The van der Waals surface area contributed by atoms with Gasteiger partial charge in [-0.25, -0.2) is 0 Å². The van der Waals surface area contributed by atoms with Crippen molar-refractivity contribution in [1.82, 2.24) is 9.88 Å². The van der Waals surface area contributed by atoms with Gasteiger partial charge in [-0.05, 0) is 49.9 Å². The molecule has 2 aromatic rings. The number of aromatic nitrogens is 1. The molecule has 1 saturated heterocycles. The minimum absolute atomic E-state index is 0.0119. The Morgan fingerprint density at radius 1 is 1.43 bits per heavy atom. The van der Waals surface area contributed by atoms with Crippen molar-refractivity contribution in [1.29, 1.82) is 0 Å². The summed E-state index contributed by atoms with van der Waals surface area (Å²) in [5.74, 6) is 2.01. The molecule has 5 heteroatoms. The number of pyridine rings is 1. The normalized spacial score (nSPS) is 22.6. The molecule has 5 nitrogen and oxygen atoms in total. The molecular weight excluding hydrogens is 292 g/mol. The second kappa shape index (κ2) is 6.86. The highest BCUT2D eigenvalue weighted by atomic mass is 16.5. The summed E-state index contributed by atoms with van der Waals surface area (Å²) in [5.41, 5.74) is 0. The Hall–Kier alpha value is -2.30. The molecule has 0 N–H and O–H groups in total. The third kappa shape index (κ3) is 3.55. The molecule has 3 heterocycles. The van der Waals surface area contributed by atoms with Crippen molar-refractivity contribution < 1.29 is 13.9 Å². The summed E-state index contributed by atoms with van der Waals surface area (Å²) in [6, 6.07) is 7.39. The first kappa shape index (κ1) is 15.6. The number of amides is 1. The van der Waals surface area contributed by atoms with Gasteiger partial charge >= 0.3 is 0 Å². The molecule has 2 aromatic heterocycles. The zero-order chi connectivity index (χ0) is 16.2. The molecule has 1 aliphatic heterocycles. The van der Waals surface area contributed by atoms with Gasteiger partial charge in [-0.3, -0.25) is 9.78 Å². The molecular formula is C18H22N2O3. The molecule has 1 amide bonds. The number of hydrogen-bond acceptors (Lipinski definition) is 4. The molecule has 1 aliphatic rings. The van der Waals surface area contributed by atoms with Crippen molar-refractivity contribution in [2.24, 2.45) is 5.92 Å². The fourth-order valence-corrected chi connectivity index (χ4v) is 3.06. The topological polar surface area (TPSA) is 55.6 Å². The van der Waals surface area contributed by atoms with E-state index in [1.54, 1.807) is 37.7 Å². The van der Waals surface area contributed by atoms with Crippen molar-refractivity contribution in [3.05, 3.63) is 48.7 Å². The summed E-state index contributed by atoms with van der Waals surface area (Å²) < 4.78 is 11.3. The van der Waals surface area contributed by atoms with E-state index in [1.807, 2.05) is 17.0 Å². The van der Waals surface area contributed by atoms with Crippen LogP contribution in [0.5, 0.6) is 5.75 Å². The van der Waals surface area contributed by atoms with E-state index in [-0.39, 0.29) is 11.9 Å². The molecule has 3 rings (SSSR count). The van der Waals surface area contributed by atoms with E-state index in [2.05, 4.69) is 11.9 Å². The molecule has 0 aliphatic carbocycles. The molecule has 1 fully saturated rings. The van der Waals surface area contributed by atoms with Gasteiger partial charge in [-0.1, -0.05) is 6.92 Å². The maximum absolute atomic E-state index is 12.9. The van der Waals surface area contributed by atoms with Gasteiger partial charge in [0, 0.05) is 12.7 Å². The highest BCUT2D eigenvalue weighted by Crippen LogP contribution is 2.34. The smallest absolute Gasteiger partial charge is 0.263 e. The van der Waals surface area contributed by atoms with E-state index in [1.165, 1.54) is 0 Å². The third-order valence-electron chi connectivity index (χ3n) is 4.31. The van der Waals surface area contributed by atoms with Crippen molar-refractivity contribution in [3.8, 4) is 5.75 Å². The fourth-order valence-electron chi connectivity index (χ4n) is 3.06. The van der Waals surface area contributed by atoms with Crippen molar-refractivity contribution in [2.75, 3.05) is 6.54 Å². The van der Waals surface area contributed by atoms with Crippen LogP contribution in [0.15, 0.2) is 47.3 Å². The maximum Gasteiger partial charge on any atom is 0.263 e. The SMILES string of the molecule is CC1CCN(C(=O)C(C)Oc2cccnc2)C(c2ccco2)C1. The van der Waals surface area contributed by atoms with Gasteiger partial charge in [0.05, 0.1) is 18.5 Å². The Labute approximate surface area is 136 Å². The number of nitrogens with zero attached hydrogens (tertiary/aromatic N) is 2. The van der Waals surface area contributed by atoms with Crippen LogP contribution in [0.4, 0.5) is 0 Å². The van der Waals surface area contributed by atoms with Crippen LogP contribution >= 0.6 is 0 Å². The van der Waals surface area contributed by atoms with Gasteiger partial charge in [0.25, 0.3) is 5.91 Å². The summed E-state index contributed by atoms with van der Waals surface area (Å²) in [6.07, 6.45) is 6.32. The zero-order valence-corrected chi connectivity index (χ0v) is 13.5. The van der Waals surface area contributed by atoms with E-state index in [0.717, 1.165) is 25.1 Å². The number of hydrogen-bond donors (Lipinski definition) is 0. The maximum atomic E-state index is 12.9. The van der Waals surface area contributed by atoms with Gasteiger partial charge in [-0.15, -0.1) is 0 Å². The van der Waals surface area contributed by atoms with Gasteiger partial charge in [-0.2, -0.15) is 0 Å². The molecule has 0 saturated carbocycles. The van der Waals surface area contributed by atoms with Crippen molar-refractivity contribution >= 4 is 5.91 Å². The molecule has 0 spiro atoms. The van der Waals surface area contributed by atoms with Gasteiger partial charge < -0.3 is 14.1 Å². The van der Waals surface area contributed by atoms with Crippen molar-refractivity contribution in [3.63, 3.8) is 0 Å². The lowest BCUT2D eigenvalue weighted by Crippen LogP contribution is -2.46. The lowest BCUT2D eigenvalue weighted by Gasteiger charge is -2.38. The van der Waals surface area contributed by atoms with Crippen molar-refractivity contribution in [2.45, 2.75) is 38.8 Å². The van der Waals surface area contributed by atoms with Gasteiger partial charge in [0.15, 0.2) is 6.10 Å². The number of piperidine rings is 1. The summed E-state index contributed by atoms with van der Waals surface area (Å²) >= 11 is 0. The largest absolute Gasteiger partial charge is 0.479 e. The Bertz CT molecular complexity index is 627.